The number of carbonyl (C=O) groups is 1. The predicted molar refractivity (Wildman–Crippen MR) is 80.2 cm³/mol. The topological polar surface area (TPSA) is 55.1 Å². The van der Waals surface area contributed by atoms with E-state index >= 15 is 0 Å². The Hall–Kier alpha value is -0.570. The molecular weight excluding hydrogens is 212 g/mol. The molecule has 0 aromatic carbocycles. The highest BCUT2D eigenvalue weighted by Crippen LogP contribution is 2.03. The molecule has 0 atom stereocenters. The van der Waals surface area contributed by atoms with Crippen molar-refractivity contribution in [2.75, 3.05) is 13.1 Å². The molecule has 0 saturated heterocycles. The minimum absolute atomic E-state index is 0. The van der Waals surface area contributed by atoms with Gasteiger partial charge < -0.3 is 11.1 Å². The summed E-state index contributed by atoms with van der Waals surface area (Å²) in [5.74, 6) is 0.808. The molecule has 3 N–H and O–H groups in total. The van der Waals surface area contributed by atoms with Crippen molar-refractivity contribution in [3.05, 3.63) is 0 Å². The van der Waals surface area contributed by atoms with Crippen LogP contribution in [-0.2, 0) is 4.79 Å². The summed E-state index contributed by atoms with van der Waals surface area (Å²) in [5, 5.41) is 2.94. The Morgan fingerprint density at radius 2 is 1.76 bits per heavy atom. The molecule has 0 bridgehead atoms. The molecule has 0 aromatic heterocycles. The van der Waals surface area contributed by atoms with Gasteiger partial charge in [0.1, 0.15) is 0 Å². The molecule has 17 heavy (non-hydrogen) atoms. The van der Waals surface area contributed by atoms with Gasteiger partial charge >= 0.3 is 0 Å². The van der Waals surface area contributed by atoms with E-state index in [-0.39, 0.29) is 8.76 Å². The third-order valence-corrected chi connectivity index (χ3v) is 2.40. The molecule has 0 radical (unpaired) electrons. The summed E-state index contributed by atoms with van der Waals surface area (Å²) in [4.78, 5) is 11.3. The van der Waals surface area contributed by atoms with Crippen molar-refractivity contribution in [3.63, 3.8) is 0 Å². The van der Waals surface area contributed by atoms with Crippen LogP contribution in [0.25, 0.3) is 0 Å². The molecule has 0 fully saturated rings. The summed E-state index contributed by atoms with van der Waals surface area (Å²) in [6, 6.07) is 0. The normalized spacial score (nSPS) is 9.76. The molecule has 0 rings (SSSR count). The van der Waals surface area contributed by atoms with Crippen molar-refractivity contribution in [2.24, 2.45) is 11.7 Å². The Morgan fingerprint density at radius 1 is 1.18 bits per heavy atom. The van der Waals surface area contributed by atoms with Crippen LogP contribution in [0, 0.1) is 5.92 Å². The number of nitrogens with two attached hydrogens (primary N) is 1. The summed E-state index contributed by atoms with van der Waals surface area (Å²) in [6.07, 6.45) is 6.17. The number of nitrogens with one attached hydrogen (secondary N) is 1. The number of unbranched alkanes of at least 4 members (excludes halogenated alkanes) is 3. The second-order valence-electron chi connectivity index (χ2n) is 4.49. The molecule has 0 saturated carbocycles. The molecule has 0 unspecified atom stereocenters. The smallest absolute Gasteiger partial charge is 0.220 e. The Kier molecular flexibility index (Phi) is 17.1. The van der Waals surface area contributed by atoms with Gasteiger partial charge in [0, 0.05) is 15.8 Å². The van der Waals surface area contributed by atoms with Crippen LogP contribution in [0.4, 0.5) is 0 Å². The van der Waals surface area contributed by atoms with Crippen LogP contribution in [-0.4, -0.2) is 19.0 Å². The lowest BCUT2D eigenvalue weighted by Crippen LogP contribution is -2.24. The minimum Gasteiger partial charge on any atom is -0.356 e. The lowest BCUT2D eigenvalue weighted by molar-refractivity contribution is -0.121. The zero-order valence-corrected chi connectivity index (χ0v) is 12.2. The van der Waals surface area contributed by atoms with Crippen LogP contribution in [0.15, 0.2) is 0 Å². The summed E-state index contributed by atoms with van der Waals surface area (Å²) >= 11 is 0. The first-order valence-corrected chi connectivity index (χ1v) is 7.13. The van der Waals surface area contributed by atoms with Gasteiger partial charge in [0.2, 0.25) is 5.91 Å². The van der Waals surface area contributed by atoms with Crippen molar-refractivity contribution < 1.29 is 7.65 Å². The molecule has 108 valence electrons. The number of rotatable bonds is 9. The lowest BCUT2D eigenvalue weighted by Gasteiger charge is -2.06. The molecule has 0 aromatic rings. The summed E-state index contributed by atoms with van der Waals surface area (Å²) in [7, 11) is 0. The van der Waals surface area contributed by atoms with E-state index in [4.69, 9.17) is 5.73 Å². The average molecular weight is 248 g/mol. The fourth-order valence-electron chi connectivity index (χ4n) is 1.36. The molecule has 0 heterocycles. The lowest BCUT2D eigenvalue weighted by atomic mass is 10.1. The highest BCUT2D eigenvalue weighted by molar-refractivity contribution is 5.75. The van der Waals surface area contributed by atoms with Gasteiger partial charge in [-0.3, -0.25) is 4.79 Å². The molecule has 1 amide bonds. The van der Waals surface area contributed by atoms with Crippen molar-refractivity contribution in [3.8, 4) is 0 Å². The molecule has 0 spiro atoms. The van der Waals surface area contributed by atoms with E-state index in [0.717, 1.165) is 32.4 Å². The molecule has 0 aliphatic heterocycles. The second-order valence-corrected chi connectivity index (χ2v) is 4.49. The number of hydrogen-bond acceptors (Lipinski definition) is 2. The Balaban J connectivity index is -0.000000267. The van der Waals surface area contributed by atoms with Gasteiger partial charge in [-0.2, -0.15) is 0 Å². The molecule has 0 aliphatic rings. The van der Waals surface area contributed by atoms with Crippen LogP contribution in [0.2, 0.25) is 0 Å². The van der Waals surface area contributed by atoms with Crippen LogP contribution < -0.4 is 11.1 Å². The maximum Gasteiger partial charge on any atom is 0.220 e. The fourth-order valence-corrected chi connectivity index (χ4v) is 1.36. The van der Waals surface area contributed by atoms with Gasteiger partial charge in [-0.05, 0) is 31.7 Å². The second kappa shape index (κ2) is 15.4. The summed E-state index contributed by atoms with van der Waals surface area (Å²) < 4.78 is 0. The third-order valence-electron chi connectivity index (χ3n) is 2.40. The van der Waals surface area contributed by atoms with E-state index in [1.165, 1.54) is 12.8 Å². The molecule has 3 heteroatoms. The Bertz CT molecular complexity index is 168. The van der Waals surface area contributed by atoms with Crippen LogP contribution in [0.5, 0.6) is 0 Å². The van der Waals surface area contributed by atoms with Gasteiger partial charge in [-0.25, -0.2) is 0 Å². The van der Waals surface area contributed by atoms with Crippen molar-refractivity contribution in [1.82, 2.24) is 5.32 Å². The van der Waals surface area contributed by atoms with E-state index < -0.39 is 0 Å². The van der Waals surface area contributed by atoms with Gasteiger partial charge in [0.05, 0.1) is 0 Å². The maximum atomic E-state index is 11.3. The number of carbonyl (C=O) groups excluding carboxylic acids is 1. The van der Waals surface area contributed by atoms with Crippen LogP contribution in [0.1, 0.15) is 69.1 Å². The molecular formula is C14H36N2O. The Morgan fingerprint density at radius 3 is 2.29 bits per heavy atom. The van der Waals surface area contributed by atoms with Crippen LogP contribution >= 0.6 is 0 Å². The van der Waals surface area contributed by atoms with Crippen molar-refractivity contribution >= 4 is 5.91 Å². The van der Waals surface area contributed by atoms with E-state index in [1.807, 2.05) is 13.8 Å². The van der Waals surface area contributed by atoms with Gasteiger partial charge in [-0.1, -0.05) is 40.5 Å². The van der Waals surface area contributed by atoms with Crippen molar-refractivity contribution in [2.45, 2.75) is 66.2 Å². The SMILES string of the molecule is CC.CC(C)CCC(=O)NCCCCCCN.[HH].[HH]. The van der Waals surface area contributed by atoms with Gasteiger partial charge in [0.25, 0.3) is 0 Å². The maximum absolute atomic E-state index is 11.3. The predicted octanol–water partition coefficient (Wildman–Crippen LogP) is 3.58. The Labute approximate surface area is 111 Å². The number of hydrogen-bond donors (Lipinski definition) is 2. The zero-order chi connectivity index (χ0) is 13.5. The fraction of sp³-hybridized carbons (Fsp3) is 0.929. The summed E-state index contributed by atoms with van der Waals surface area (Å²) in [5.41, 5.74) is 5.39. The first-order chi connectivity index (χ1) is 8.16. The molecule has 0 aliphatic carbocycles. The van der Waals surface area contributed by atoms with Crippen molar-refractivity contribution in [1.29, 1.82) is 0 Å². The highest BCUT2D eigenvalue weighted by Gasteiger charge is 2.01. The highest BCUT2D eigenvalue weighted by atomic mass is 16.1. The van der Waals surface area contributed by atoms with Gasteiger partial charge in [-0.15, -0.1) is 0 Å². The first-order valence-electron chi connectivity index (χ1n) is 7.13. The standard InChI is InChI=1S/C12H26N2O.C2H6.2H2/c1-11(2)7-8-12(15)14-10-6-4-3-5-9-13;1-2;;/h11H,3-10,13H2,1-2H3,(H,14,15);1-2H3;2*1H. The van der Waals surface area contributed by atoms with Gasteiger partial charge in [0.15, 0.2) is 0 Å². The monoisotopic (exact) mass is 248 g/mol. The van der Waals surface area contributed by atoms with E-state index in [0.29, 0.717) is 12.3 Å². The van der Waals surface area contributed by atoms with E-state index in [9.17, 15) is 4.79 Å². The minimum atomic E-state index is 0. The van der Waals surface area contributed by atoms with E-state index in [1.54, 1.807) is 0 Å². The quantitative estimate of drug-likeness (QED) is 0.613. The van der Waals surface area contributed by atoms with E-state index in [2.05, 4.69) is 19.2 Å². The first kappa shape index (κ1) is 18.8. The average Bonchev–Trinajstić information content (AvgIpc) is 2.33. The number of amides is 1. The zero-order valence-electron chi connectivity index (χ0n) is 12.2. The van der Waals surface area contributed by atoms with Crippen LogP contribution in [0.3, 0.4) is 0 Å². The third kappa shape index (κ3) is 18.0. The summed E-state index contributed by atoms with van der Waals surface area (Å²) in [6.45, 7) is 9.88. The molecule has 3 nitrogen and oxygen atoms in total. The largest absolute Gasteiger partial charge is 0.356 e.